The van der Waals surface area contributed by atoms with Crippen LogP contribution in [0.3, 0.4) is 0 Å². The van der Waals surface area contributed by atoms with Crippen molar-refractivity contribution in [2.45, 2.75) is 26.4 Å². The maximum Gasteiger partial charge on any atom is 0.337 e. The summed E-state index contributed by atoms with van der Waals surface area (Å²) in [7, 11) is 0. The number of aromatic carboxylic acids is 1. The zero-order chi connectivity index (χ0) is 20.1. The highest BCUT2D eigenvalue weighted by Crippen LogP contribution is 2.28. The summed E-state index contributed by atoms with van der Waals surface area (Å²) in [6.07, 6.45) is 1.65. The Morgan fingerprint density at radius 3 is 2.54 bits per heavy atom. The number of aryl methyl sites for hydroxylation is 1. The molecule has 1 aromatic heterocycles. The standard InChI is InChI=1S/C22H19BrClNO3/c1-2-4-20-18(14-7-9-15(23)10-8-14)12-19(22(26)27)21(25-20)13-28-17-6-3-5-16(24)11-17/h3,5-12H,2,4,13H2,1H3,(H,26,27). The van der Waals surface area contributed by atoms with Crippen molar-refractivity contribution in [2.75, 3.05) is 0 Å². The molecule has 0 spiro atoms. The highest BCUT2D eigenvalue weighted by Gasteiger charge is 2.18. The first-order valence-electron chi connectivity index (χ1n) is 8.88. The number of carbonyl (C=O) groups is 1. The van der Waals surface area contributed by atoms with E-state index in [1.807, 2.05) is 24.3 Å². The summed E-state index contributed by atoms with van der Waals surface area (Å²) in [5.74, 6) is -0.460. The molecule has 0 amide bonds. The van der Waals surface area contributed by atoms with Crippen molar-refractivity contribution in [2.24, 2.45) is 0 Å². The average Bonchev–Trinajstić information content (AvgIpc) is 2.67. The number of carboxylic acid groups (broad SMARTS) is 1. The Balaban J connectivity index is 2.00. The number of hydrogen-bond donors (Lipinski definition) is 1. The van der Waals surface area contributed by atoms with E-state index in [2.05, 4.69) is 27.8 Å². The Morgan fingerprint density at radius 2 is 1.89 bits per heavy atom. The summed E-state index contributed by atoms with van der Waals surface area (Å²) in [5.41, 5.74) is 3.17. The van der Waals surface area contributed by atoms with Crippen LogP contribution in [0.4, 0.5) is 0 Å². The summed E-state index contributed by atoms with van der Waals surface area (Å²) in [5, 5.41) is 10.3. The molecule has 0 atom stereocenters. The minimum atomic E-state index is -1.03. The molecule has 0 aliphatic carbocycles. The van der Waals surface area contributed by atoms with Gasteiger partial charge in [-0.15, -0.1) is 0 Å². The summed E-state index contributed by atoms with van der Waals surface area (Å²) in [6.45, 7) is 2.12. The number of halogens is 2. The molecule has 0 bridgehead atoms. The van der Waals surface area contributed by atoms with Gasteiger partial charge in [0.1, 0.15) is 12.4 Å². The lowest BCUT2D eigenvalue weighted by Crippen LogP contribution is -2.11. The van der Waals surface area contributed by atoms with Crippen LogP contribution >= 0.6 is 27.5 Å². The molecule has 0 radical (unpaired) electrons. The molecular weight excluding hydrogens is 442 g/mol. The smallest absolute Gasteiger partial charge is 0.337 e. The topological polar surface area (TPSA) is 59.4 Å². The SMILES string of the molecule is CCCc1nc(COc2cccc(Cl)c2)c(C(=O)O)cc1-c1ccc(Br)cc1. The van der Waals surface area contributed by atoms with Gasteiger partial charge in [0, 0.05) is 20.8 Å². The molecule has 6 heteroatoms. The Labute approximate surface area is 177 Å². The fourth-order valence-corrected chi connectivity index (χ4v) is 3.35. The van der Waals surface area contributed by atoms with Crippen molar-refractivity contribution in [1.82, 2.24) is 4.98 Å². The lowest BCUT2D eigenvalue weighted by Gasteiger charge is -2.15. The number of benzene rings is 2. The van der Waals surface area contributed by atoms with E-state index in [1.54, 1.807) is 30.3 Å². The van der Waals surface area contributed by atoms with Crippen molar-refractivity contribution < 1.29 is 14.6 Å². The van der Waals surface area contributed by atoms with Gasteiger partial charge in [0.2, 0.25) is 0 Å². The second kappa shape index (κ2) is 9.22. The van der Waals surface area contributed by atoms with E-state index in [1.165, 1.54) is 0 Å². The second-order valence-electron chi connectivity index (χ2n) is 6.28. The Morgan fingerprint density at radius 1 is 1.14 bits per heavy atom. The summed E-state index contributed by atoms with van der Waals surface area (Å²) in [4.78, 5) is 16.5. The molecule has 0 aliphatic heterocycles. The van der Waals surface area contributed by atoms with Crippen LogP contribution in [0.25, 0.3) is 11.1 Å². The molecule has 144 valence electrons. The van der Waals surface area contributed by atoms with Crippen LogP contribution in [0.5, 0.6) is 5.75 Å². The third-order valence-corrected chi connectivity index (χ3v) is 4.99. The van der Waals surface area contributed by atoms with E-state index in [0.717, 1.165) is 34.1 Å². The van der Waals surface area contributed by atoms with Gasteiger partial charge < -0.3 is 9.84 Å². The van der Waals surface area contributed by atoms with Crippen LogP contribution in [-0.2, 0) is 13.0 Å². The molecule has 0 fully saturated rings. The molecule has 0 unspecified atom stereocenters. The zero-order valence-electron chi connectivity index (χ0n) is 15.3. The monoisotopic (exact) mass is 459 g/mol. The number of pyridine rings is 1. The molecule has 3 aromatic rings. The molecule has 4 nitrogen and oxygen atoms in total. The van der Waals surface area contributed by atoms with E-state index in [0.29, 0.717) is 16.5 Å². The minimum absolute atomic E-state index is 0.0549. The maximum atomic E-state index is 11.9. The van der Waals surface area contributed by atoms with E-state index in [-0.39, 0.29) is 12.2 Å². The van der Waals surface area contributed by atoms with Crippen LogP contribution in [0.2, 0.25) is 5.02 Å². The fraction of sp³-hybridized carbons (Fsp3) is 0.182. The quantitative estimate of drug-likeness (QED) is 0.443. The first kappa shape index (κ1) is 20.4. The number of nitrogens with zero attached hydrogens (tertiary/aromatic N) is 1. The Kier molecular flexibility index (Phi) is 6.70. The van der Waals surface area contributed by atoms with Crippen LogP contribution in [0.1, 0.15) is 35.1 Å². The first-order chi connectivity index (χ1) is 13.5. The van der Waals surface area contributed by atoms with E-state index in [9.17, 15) is 9.90 Å². The summed E-state index contributed by atoms with van der Waals surface area (Å²) >= 11 is 9.41. The first-order valence-corrected chi connectivity index (χ1v) is 10.1. The van der Waals surface area contributed by atoms with Crippen molar-refractivity contribution in [1.29, 1.82) is 0 Å². The van der Waals surface area contributed by atoms with Gasteiger partial charge >= 0.3 is 5.97 Å². The molecule has 2 aromatic carbocycles. The molecule has 1 N–H and O–H groups in total. The van der Waals surface area contributed by atoms with Gasteiger partial charge in [-0.1, -0.05) is 59.1 Å². The number of rotatable bonds is 7. The number of hydrogen-bond acceptors (Lipinski definition) is 3. The Hall–Kier alpha value is -2.37. The number of aromatic nitrogens is 1. The predicted octanol–water partition coefficient (Wildman–Crippen LogP) is 6.39. The highest BCUT2D eigenvalue weighted by atomic mass is 79.9. The van der Waals surface area contributed by atoms with Crippen molar-refractivity contribution in [3.8, 4) is 16.9 Å². The average molecular weight is 461 g/mol. The van der Waals surface area contributed by atoms with E-state index in [4.69, 9.17) is 16.3 Å². The van der Waals surface area contributed by atoms with E-state index < -0.39 is 5.97 Å². The van der Waals surface area contributed by atoms with Gasteiger partial charge in [-0.3, -0.25) is 4.98 Å². The van der Waals surface area contributed by atoms with Gasteiger partial charge in [0.15, 0.2) is 0 Å². The zero-order valence-corrected chi connectivity index (χ0v) is 17.6. The largest absolute Gasteiger partial charge is 0.487 e. The van der Waals surface area contributed by atoms with Crippen LogP contribution in [0, 0.1) is 0 Å². The van der Waals surface area contributed by atoms with E-state index >= 15 is 0 Å². The van der Waals surface area contributed by atoms with Crippen molar-refractivity contribution >= 4 is 33.5 Å². The van der Waals surface area contributed by atoms with Crippen molar-refractivity contribution in [3.63, 3.8) is 0 Å². The minimum Gasteiger partial charge on any atom is -0.487 e. The third-order valence-electron chi connectivity index (χ3n) is 4.22. The van der Waals surface area contributed by atoms with Crippen molar-refractivity contribution in [3.05, 3.63) is 81.0 Å². The summed E-state index contributed by atoms with van der Waals surface area (Å²) in [6, 6.07) is 16.5. The van der Waals surface area contributed by atoms with Gasteiger partial charge in [-0.25, -0.2) is 4.79 Å². The third kappa shape index (κ3) is 4.91. The maximum absolute atomic E-state index is 11.9. The molecule has 28 heavy (non-hydrogen) atoms. The molecular formula is C22H19BrClNO3. The predicted molar refractivity (Wildman–Crippen MR) is 114 cm³/mol. The molecule has 0 saturated heterocycles. The highest BCUT2D eigenvalue weighted by molar-refractivity contribution is 9.10. The van der Waals surface area contributed by atoms with Gasteiger partial charge in [-0.2, -0.15) is 0 Å². The number of ether oxygens (including phenoxy) is 1. The normalized spacial score (nSPS) is 10.7. The van der Waals surface area contributed by atoms with Gasteiger partial charge in [0.05, 0.1) is 11.3 Å². The van der Waals surface area contributed by atoms with Crippen LogP contribution in [-0.4, -0.2) is 16.1 Å². The van der Waals surface area contributed by atoms with Gasteiger partial charge in [0.25, 0.3) is 0 Å². The lowest BCUT2D eigenvalue weighted by atomic mass is 9.98. The molecule has 0 saturated carbocycles. The second-order valence-corrected chi connectivity index (χ2v) is 7.64. The summed E-state index contributed by atoms with van der Waals surface area (Å²) < 4.78 is 6.71. The lowest BCUT2D eigenvalue weighted by molar-refractivity contribution is 0.0693. The molecule has 0 aliphatic rings. The number of carboxylic acids is 1. The molecule has 1 heterocycles. The van der Waals surface area contributed by atoms with Gasteiger partial charge in [-0.05, 0) is 48.4 Å². The van der Waals surface area contributed by atoms with Crippen LogP contribution in [0.15, 0.2) is 59.1 Å². The Bertz CT molecular complexity index is 990. The molecule has 3 rings (SSSR count). The fourth-order valence-electron chi connectivity index (χ4n) is 2.90. The van der Waals surface area contributed by atoms with Crippen LogP contribution < -0.4 is 4.74 Å².